The number of rotatable bonds is 6. The molecular formula is C51H56N2. The zero-order valence-electron chi connectivity index (χ0n) is 33.2. The summed E-state index contributed by atoms with van der Waals surface area (Å²) in [4.78, 5) is 0. The van der Waals surface area contributed by atoms with Gasteiger partial charge in [0.2, 0.25) is 0 Å². The van der Waals surface area contributed by atoms with Gasteiger partial charge in [-0.2, -0.15) is 0 Å². The highest BCUT2D eigenvalue weighted by Gasteiger charge is 2.43. The van der Waals surface area contributed by atoms with Crippen LogP contribution in [0, 0.1) is 19.3 Å². The van der Waals surface area contributed by atoms with Gasteiger partial charge in [0.1, 0.15) is 0 Å². The molecule has 2 aromatic heterocycles. The zero-order valence-corrected chi connectivity index (χ0v) is 33.2. The van der Waals surface area contributed by atoms with Crippen LogP contribution in [0.1, 0.15) is 125 Å². The highest BCUT2D eigenvalue weighted by Crippen LogP contribution is 2.55. The molecule has 1 fully saturated rings. The molecule has 2 unspecified atom stereocenters. The number of para-hydroxylation sites is 2. The summed E-state index contributed by atoms with van der Waals surface area (Å²) in [5.41, 5.74) is 18.9. The van der Waals surface area contributed by atoms with Crippen LogP contribution in [0.15, 0.2) is 102 Å². The molecule has 2 nitrogen and oxygen atoms in total. The summed E-state index contributed by atoms with van der Waals surface area (Å²) in [6, 6.07) is 30.4. The lowest BCUT2D eigenvalue weighted by Gasteiger charge is -2.42. The fourth-order valence-corrected chi connectivity index (χ4v) is 11.7. The Morgan fingerprint density at radius 1 is 0.698 bits per heavy atom. The standard InChI is InChI=1S/C51H56N2/c1-9-52-44-19-13-11-17-40(44)42-29-36(21-22-46(42)52)48-34(5)28-39(31-50(48,7)8)51(23-15-16-24-51)38-26-32(3)47(33(4)27-38)37-25-35(6)49-43(30-37)41-18-12-14-20-45(41)53(49)10-2/h11-14,17-22,26-31,35,48H,9-10,15-16,23-25H2,1-8H3. The van der Waals surface area contributed by atoms with Crippen molar-refractivity contribution in [3.63, 3.8) is 0 Å². The molecule has 0 spiro atoms. The molecule has 9 rings (SSSR count). The molecule has 3 aliphatic rings. The third-order valence-corrected chi connectivity index (χ3v) is 13.7. The number of nitrogens with zero attached hydrogens (tertiary/aromatic N) is 2. The van der Waals surface area contributed by atoms with Crippen molar-refractivity contribution in [1.82, 2.24) is 9.13 Å². The van der Waals surface area contributed by atoms with Gasteiger partial charge in [-0.1, -0.05) is 106 Å². The van der Waals surface area contributed by atoms with Crippen molar-refractivity contribution in [2.75, 3.05) is 0 Å². The fraction of sp³-hybridized carbons (Fsp3) is 0.373. The van der Waals surface area contributed by atoms with Gasteiger partial charge >= 0.3 is 0 Å². The van der Waals surface area contributed by atoms with Gasteiger partial charge in [0.25, 0.3) is 0 Å². The molecule has 270 valence electrons. The van der Waals surface area contributed by atoms with Gasteiger partial charge < -0.3 is 9.13 Å². The van der Waals surface area contributed by atoms with Crippen LogP contribution in [-0.2, 0) is 18.5 Å². The Bertz CT molecular complexity index is 2510. The average Bonchev–Trinajstić information content (AvgIpc) is 3.84. The second-order valence-corrected chi connectivity index (χ2v) is 17.4. The SMILES string of the molecule is CCn1c2c(c3ccccc31)C=C(c1c(C)cc(C3(C4=CC(C)(C)C(c5ccc6c(c5)c5ccccc5n6CC)C(C)=C4)CCCC3)cc1C)CC2C. The molecule has 0 amide bonds. The summed E-state index contributed by atoms with van der Waals surface area (Å²) in [5.74, 6) is 0.825. The highest BCUT2D eigenvalue weighted by molar-refractivity contribution is 6.08. The number of fused-ring (bicyclic) bond motifs is 6. The monoisotopic (exact) mass is 696 g/mol. The minimum atomic E-state index is -0.0109. The predicted octanol–water partition coefficient (Wildman–Crippen LogP) is 14.0. The molecule has 2 atom stereocenters. The van der Waals surface area contributed by atoms with Crippen molar-refractivity contribution in [1.29, 1.82) is 0 Å². The van der Waals surface area contributed by atoms with Crippen molar-refractivity contribution in [2.45, 2.75) is 118 Å². The summed E-state index contributed by atoms with van der Waals surface area (Å²) < 4.78 is 5.02. The van der Waals surface area contributed by atoms with Crippen molar-refractivity contribution in [3.05, 3.63) is 141 Å². The van der Waals surface area contributed by atoms with E-state index in [2.05, 4.69) is 162 Å². The summed E-state index contributed by atoms with van der Waals surface area (Å²) in [6.45, 7) is 21.1. The van der Waals surface area contributed by atoms with E-state index in [1.807, 2.05) is 0 Å². The van der Waals surface area contributed by atoms with E-state index in [9.17, 15) is 0 Å². The zero-order chi connectivity index (χ0) is 36.8. The number of hydrogen-bond acceptors (Lipinski definition) is 0. The van der Waals surface area contributed by atoms with Crippen LogP contribution in [0.25, 0.3) is 44.4 Å². The van der Waals surface area contributed by atoms with E-state index in [0.29, 0.717) is 11.8 Å². The van der Waals surface area contributed by atoms with Gasteiger partial charge in [-0.25, -0.2) is 0 Å². The highest BCUT2D eigenvalue weighted by atomic mass is 15.0. The molecule has 2 heteroatoms. The van der Waals surface area contributed by atoms with Crippen molar-refractivity contribution in [3.8, 4) is 0 Å². The van der Waals surface area contributed by atoms with E-state index >= 15 is 0 Å². The van der Waals surface area contributed by atoms with Crippen LogP contribution in [0.4, 0.5) is 0 Å². The molecular weight excluding hydrogens is 641 g/mol. The predicted molar refractivity (Wildman–Crippen MR) is 228 cm³/mol. The minimum Gasteiger partial charge on any atom is -0.344 e. The van der Waals surface area contributed by atoms with Crippen molar-refractivity contribution in [2.24, 2.45) is 5.41 Å². The summed E-state index contributed by atoms with van der Waals surface area (Å²) in [5, 5.41) is 4.14. The summed E-state index contributed by atoms with van der Waals surface area (Å²) >= 11 is 0. The topological polar surface area (TPSA) is 9.86 Å². The molecule has 0 aliphatic heterocycles. The Kier molecular flexibility index (Phi) is 8.08. The van der Waals surface area contributed by atoms with E-state index in [0.717, 1.165) is 19.5 Å². The van der Waals surface area contributed by atoms with E-state index in [4.69, 9.17) is 0 Å². The lowest BCUT2D eigenvalue weighted by Crippen LogP contribution is -2.32. The van der Waals surface area contributed by atoms with Gasteiger partial charge in [0, 0.05) is 74.3 Å². The second-order valence-electron chi connectivity index (χ2n) is 17.4. The van der Waals surface area contributed by atoms with Crippen LogP contribution in [0.2, 0.25) is 0 Å². The molecule has 53 heavy (non-hydrogen) atoms. The molecule has 3 aliphatic carbocycles. The Morgan fingerprint density at radius 2 is 1.32 bits per heavy atom. The first-order valence-electron chi connectivity index (χ1n) is 20.4. The maximum absolute atomic E-state index is 2.68. The smallest absolute Gasteiger partial charge is 0.0491 e. The van der Waals surface area contributed by atoms with Gasteiger partial charge in [-0.3, -0.25) is 0 Å². The van der Waals surface area contributed by atoms with Gasteiger partial charge in [-0.15, -0.1) is 0 Å². The third-order valence-electron chi connectivity index (χ3n) is 13.7. The molecule has 4 aromatic carbocycles. The Balaban J connectivity index is 1.10. The Morgan fingerprint density at radius 3 is 1.98 bits per heavy atom. The largest absolute Gasteiger partial charge is 0.344 e. The Hall–Kier alpha value is -4.56. The molecule has 0 N–H and O–H groups in total. The quantitative estimate of drug-likeness (QED) is 0.164. The minimum absolute atomic E-state index is 0.0109. The van der Waals surface area contributed by atoms with Crippen LogP contribution < -0.4 is 0 Å². The van der Waals surface area contributed by atoms with E-state index < -0.39 is 0 Å². The number of benzene rings is 4. The van der Waals surface area contributed by atoms with Crippen LogP contribution in [-0.4, -0.2) is 9.13 Å². The Labute approximate surface area is 316 Å². The third kappa shape index (κ3) is 5.11. The number of aromatic nitrogens is 2. The lowest BCUT2D eigenvalue weighted by molar-refractivity contribution is 0.389. The van der Waals surface area contributed by atoms with Crippen LogP contribution in [0.5, 0.6) is 0 Å². The molecule has 1 saturated carbocycles. The summed E-state index contributed by atoms with van der Waals surface area (Å²) in [7, 11) is 0. The van der Waals surface area contributed by atoms with Crippen LogP contribution in [0.3, 0.4) is 0 Å². The molecule has 0 bridgehead atoms. The van der Waals surface area contributed by atoms with Crippen molar-refractivity contribution < 1.29 is 0 Å². The van der Waals surface area contributed by atoms with E-state index in [1.165, 1.54) is 109 Å². The first-order chi connectivity index (χ1) is 25.6. The average molecular weight is 697 g/mol. The number of allylic oxidation sites excluding steroid dienone is 5. The summed E-state index contributed by atoms with van der Waals surface area (Å²) in [6.07, 6.45) is 14.0. The molecule has 2 heterocycles. The fourth-order valence-electron chi connectivity index (χ4n) is 11.7. The first-order valence-corrected chi connectivity index (χ1v) is 20.4. The molecule has 0 saturated heterocycles. The van der Waals surface area contributed by atoms with Crippen molar-refractivity contribution >= 4 is 44.4 Å². The normalized spacial score (nSPS) is 20.9. The maximum Gasteiger partial charge on any atom is 0.0491 e. The number of hydrogen-bond donors (Lipinski definition) is 0. The number of aryl methyl sites for hydroxylation is 4. The lowest BCUT2D eigenvalue weighted by atomic mass is 9.61. The van der Waals surface area contributed by atoms with E-state index in [-0.39, 0.29) is 10.8 Å². The second kappa shape index (κ2) is 12.5. The molecule has 0 radical (unpaired) electrons. The van der Waals surface area contributed by atoms with Gasteiger partial charge in [-0.05, 0) is 129 Å². The van der Waals surface area contributed by atoms with E-state index in [1.54, 1.807) is 5.57 Å². The first kappa shape index (κ1) is 34.2. The molecule has 6 aromatic rings. The maximum atomic E-state index is 2.68. The van der Waals surface area contributed by atoms with Gasteiger partial charge in [0.15, 0.2) is 0 Å². The van der Waals surface area contributed by atoms with Crippen LogP contribution >= 0.6 is 0 Å². The van der Waals surface area contributed by atoms with Gasteiger partial charge in [0.05, 0.1) is 0 Å².